The summed E-state index contributed by atoms with van der Waals surface area (Å²) in [6.07, 6.45) is 4.21. The van der Waals surface area contributed by atoms with E-state index in [4.69, 9.17) is 0 Å². The van der Waals surface area contributed by atoms with E-state index < -0.39 is 0 Å². The molecule has 0 atom stereocenters. The molecule has 1 aromatic carbocycles. The first-order valence-corrected chi connectivity index (χ1v) is 7.20. The van der Waals surface area contributed by atoms with Crippen LogP contribution >= 0.6 is 15.9 Å². The highest BCUT2D eigenvalue weighted by atomic mass is 79.9. The van der Waals surface area contributed by atoms with Gasteiger partial charge in [-0.05, 0) is 42.8 Å². The molecule has 3 aromatic rings. The van der Waals surface area contributed by atoms with Crippen LogP contribution < -0.4 is 0 Å². The van der Waals surface area contributed by atoms with Crippen molar-refractivity contribution >= 4 is 22.2 Å². The number of carbonyl (C=O) groups excluding carboxylic acids is 1. The molecule has 2 aromatic heterocycles. The van der Waals surface area contributed by atoms with E-state index in [9.17, 15) is 4.79 Å². The van der Waals surface area contributed by atoms with Crippen LogP contribution in [0.1, 0.15) is 15.9 Å². The summed E-state index contributed by atoms with van der Waals surface area (Å²) in [5, 5.41) is 4.51. The van der Waals surface area contributed by atoms with Crippen LogP contribution in [-0.2, 0) is 0 Å². The third kappa shape index (κ3) is 2.78. The average molecular weight is 342 g/mol. The van der Waals surface area contributed by atoms with Crippen molar-refractivity contribution in [1.82, 2.24) is 14.8 Å². The number of aromatic nitrogens is 3. The van der Waals surface area contributed by atoms with Crippen LogP contribution in [0.5, 0.6) is 0 Å². The van der Waals surface area contributed by atoms with Gasteiger partial charge in [-0.3, -0.25) is 4.79 Å². The number of benzene rings is 1. The quantitative estimate of drug-likeness (QED) is 0.680. The molecule has 2 heterocycles. The van der Waals surface area contributed by atoms with E-state index >= 15 is 0 Å². The van der Waals surface area contributed by atoms with Crippen molar-refractivity contribution in [3.8, 4) is 17.1 Å². The minimum Gasteiger partial charge on any atom is -0.298 e. The van der Waals surface area contributed by atoms with E-state index in [0.717, 1.165) is 21.9 Å². The van der Waals surface area contributed by atoms with Crippen LogP contribution in [-0.4, -0.2) is 21.1 Å². The SMILES string of the molecule is Cc1cc(Br)cc(-c2nn(-c3ccccn3)cc2C=O)c1. The zero-order valence-corrected chi connectivity index (χ0v) is 12.9. The van der Waals surface area contributed by atoms with E-state index in [1.165, 1.54) is 0 Å². The van der Waals surface area contributed by atoms with Crippen molar-refractivity contribution in [2.45, 2.75) is 6.92 Å². The molecule has 104 valence electrons. The number of hydrogen-bond acceptors (Lipinski definition) is 3. The molecule has 0 aliphatic rings. The van der Waals surface area contributed by atoms with Gasteiger partial charge < -0.3 is 0 Å². The summed E-state index contributed by atoms with van der Waals surface area (Å²) in [5.41, 5.74) is 3.19. The van der Waals surface area contributed by atoms with Gasteiger partial charge in [-0.1, -0.05) is 22.0 Å². The second kappa shape index (κ2) is 5.61. The summed E-state index contributed by atoms with van der Waals surface area (Å²) in [4.78, 5) is 15.6. The molecular weight excluding hydrogens is 330 g/mol. The van der Waals surface area contributed by atoms with E-state index in [-0.39, 0.29) is 0 Å². The van der Waals surface area contributed by atoms with E-state index in [1.807, 2.05) is 43.3 Å². The van der Waals surface area contributed by atoms with Gasteiger partial charge in [0.15, 0.2) is 12.1 Å². The third-order valence-electron chi connectivity index (χ3n) is 3.07. The van der Waals surface area contributed by atoms with Crippen molar-refractivity contribution in [2.24, 2.45) is 0 Å². The lowest BCUT2D eigenvalue weighted by atomic mass is 10.1. The first kappa shape index (κ1) is 13.7. The Morgan fingerprint density at radius 3 is 2.76 bits per heavy atom. The largest absolute Gasteiger partial charge is 0.298 e. The number of nitrogens with zero attached hydrogens (tertiary/aromatic N) is 3. The number of rotatable bonds is 3. The van der Waals surface area contributed by atoms with Crippen LogP contribution in [0.3, 0.4) is 0 Å². The van der Waals surface area contributed by atoms with Gasteiger partial charge in [0.25, 0.3) is 0 Å². The van der Waals surface area contributed by atoms with Gasteiger partial charge in [-0.25, -0.2) is 9.67 Å². The highest BCUT2D eigenvalue weighted by Crippen LogP contribution is 2.26. The summed E-state index contributed by atoms with van der Waals surface area (Å²) in [6, 6.07) is 11.5. The van der Waals surface area contributed by atoms with E-state index in [0.29, 0.717) is 17.1 Å². The number of pyridine rings is 1. The van der Waals surface area contributed by atoms with Crippen LogP contribution in [0, 0.1) is 6.92 Å². The van der Waals surface area contributed by atoms with Crippen LogP contribution in [0.4, 0.5) is 0 Å². The first-order chi connectivity index (χ1) is 10.2. The Bertz CT molecular complexity index is 776. The summed E-state index contributed by atoms with van der Waals surface area (Å²) in [5.74, 6) is 0.679. The maximum atomic E-state index is 11.3. The fourth-order valence-electron chi connectivity index (χ4n) is 2.18. The molecule has 0 unspecified atom stereocenters. The molecule has 0 bridgehead atoms. The Balaban J connectivity index is 2.14. The third-order valence-corrected chi connectivity index (χ3v) is 3.53. The molecule has 0 aliphatic heterocycles. The van der Waals surface area contributed by atoms with Gasteiger partial charge >= 0.3 is 0 Å². The second-order valence-corrected chi connectivity index (χ2v) is 5.62. The number of aldehydes is 1. The topological polar surface area (TPSA) is 47.8 Å². The zero-order chi connectivity index (χ0) is 14.8. The Morgan fingerprint density at radius 2 is 2.10 bits per heavy atom. The number of halogens is 1. The zero-order valence-electron chi connectivity index (χ0n) is 11.3. The van der Waals surface area contributed by atoms with Crippen LogP contribution in [0.25, 0.3) is 17.1 Å². The summed E-state index contributed by atoms with van der Waals surface area (Å²) in [7, 11) is 0. The monoisotopic (exact) mass is 341 g/mol. The molecule has 0 aliphatic carbocycles. The van der Waals surface area contributed by atoms with Gasteiger partial charge in [0.1, 0.15) is 5.69 Å². The summed E-state index contributed by atoms with van der Waals surface area (Å²) in [6.45, 7) is 2.00. The predicted octanol–water partition coefficient (Wildman–Crippen LogP) is 3.82. The number of carbonyl (C=O) groups is 1. The van der Waals surface area contributed by atoms with Gasteiger partial charge in [0, 0.05) is 22.4 Å². The van der Waals surface area contributed by atoms with Crippen molar-refractivity contribution in [3.63, 3.8) is 0 Å². The highest BCUT2D eigenvalue weighted by Gasteiger charge is 2.13. The molecule has 0 radical (unpaired) electrons. The van der Waals surface area contributed by atoms with Crippen molar-refractivity contribution < 1.29 is 4.79 Å². The van der Waals surface area contributed by atoms with Crippen molar-refractivity contribution in [2.75, 3.05) is 0 Å². The molecule has 0 amide bonds. The molecule has 3 rings (SSSR count). The maximum absolute atomic E-state index is 11.3. The molecule has 4 nitrogen and oxygen atoms in total. The lowest BCUT2D eigenvalue weighted by Gasteiger charge is -2.02. The molecule has 0 fully saturated rings. The van der Waals surface area contributed by atoms with E-state index in [1.54, 1.807) is 17.1 Å². The highest BCUT2D eigenvalue weighted by molar-refractivity contribution is 9.10. The van der Waals surface area contributed by atoms with E-state index in [2.05, 4.69) is 26.0 Å². The summed E-state index contributed by atoms with van der Waals surface area (Å²) >= 11 is 3.47. The van der Waals surface area contributed by atoms with Crippen molar-refractivity contribution in [3.05, 3.63) is 64.4 Å². The standard InChI is InChI=1S/C16H12BrN3O/c1-11-6-12(8-14(17)7-11)16-13(10-21)9-20(19-16)15-4-2-3-5-18-15/h2-10H,1H3. The van der Waals surface area contributed by atoms with Gasteiger partial charge in [0.2, 0.25) is 0 Å². The van der Waals surface area contributed by atoms with Crippen LogP contribution in [0.15, 0.2) is 53.3 Å². The molecule has 0 saturated carbocycles. The lowest BCUT2D eigenvalue weighted by molar-refractivity contribution is 0.112. The van der Waals surface area contributed by atoms with Gasteiger partial charge in [-0.2, -0.15) is 5.10 Å². The fourth-order valence-corrected chi connectivity index (χ4v) is 2.79. The summed E-state index contributed by atoms with van der Waals surface area (Å²) < 4.78 is 2.58. The fraction of sp³-hybridized carbons (Fsp3) is 0.0625. The normalized spacial score (nSPS) is 10.6. The minimum absolute atomic E-state index is 0.540. The number of aryl methyl sites for hydroxylation is 1. The second-order valence-electron chi connectivity index (χ2n) is 4.70. The predicted molar refractivity (Wildman–Crippen MR) is 84.6 cm³/mol. The van der Waals surface area contributed by atoms with Gasteiger partial charge in [-0.15, -0.1) is 0 Å². The Hall–Kier alpha value is -2.27. The number of hydrogen-bond donors (Lipinski definition) is 0. The Kier molecular flexibility index (Phi) is 3.66. The first-order valence-electron chi connectivity index (χ1n) is 6.41. The Labute approximate surface area is 130 Å². The molecule has 21 heavy (non-hydrogen) atoms. The molecule has 0 N–H and O–H groups in total. The molecule has 0 spiro atoms. The smallest absolute Gasteiger partial charge is 0.153 e. The van der Waals surface area contributed by atoms with Crippen LogP contribution in [0.2, 0.25) is 0 Å². The Morgan fingerprint density at radius 1 is 1.24 bits per heavy atom. The molecule has 0 saturated heterocycles. The van der Waals surface area contributed by atoms with Crippen molar-refractivity contribution in [1.29, 1.82) is 0 Å². The lowest BCUT2D eigenvalue weighted by Crippen LogP contribution is -1.97. The maximum Gasteiger partial charge on any atom is 0.153 e. The molecular formula is C16H12BrN3O. The minimum atomic E-state index is 0.540. The molecule has 5 heteroatoms. The average Bonchev–Trinajstić information content (AvgIpc) is 2.91. The van der Waals surface area contributed by atoms with Gasteiger partial charge in [0.05, 0.1) is 5.56 Å².